The van der Waals surface area contributed by atoms with Crippen LogP contribution in [0.1, 0.15) is 25.1 Å². The molecule has 0 fully saturated rings. The minimum absolute atomic E-state index is 0.644. The molecule has 0 bridgehead atoms. The predicted octanol–water partition coefficient (Wildman–Crippen LogP) is 2.25. The lowest BCUT2D eigenvalue weighted by Gasteiger charge is -2.07. The molecule has 0 aliphatic carbocycles. The Hall–Kier alpha value is -2.11. The Morgan fingerprint density at radius 3 is 2.47 bits per heavy atom. The molecular formula is C13H19N5O. The number of pyridine rings is 1. The molecule has 2 aromatic rings. The summed E-state index contributed by atoms with van der Waals surface area (Å²) in [6.07, 6.45) is 1.77. The van der Waals surface area contributed by atoms with E-state index in [1.807, 2.05) is 25.1 Å². The summed E-state index contributed by atoms with van der Waals surface area (Å²) in [5, 5.41) is 10.2. The number of nitrogens with zero attached hydrogens (tertiary/aromatic N) is 3. The summed E-state index contributed by atoms with van der Waals surface area (Å²) in [5.74, 6) is 3.04. The molecule has 0 aromatic carbocycles. The zero-order valence-electron chi connectivity index (χ0n) is 11.3. The second-order valence-electron chi connectivity index (χ2n) is 4.25. The highest BCUT2D eigenvalue weighted by Crippen LogP contribution is 2.09. The van der Waals surface area contributed by atoms with Gasteiger partial charge in [-0.15, -0.1) is 0 Å². The van der Waals surface area contributed by atoms with Crippen LogP contribution < -0.4 is 10.6 Å². The first kappa shape index (κ1) is 13.3. The van der Waals surface area contributed by atoms with Crippen LogP contribution in [0.3, 0.4) is 0 Å². The standard InChI is InChI=1S/C13H19N5O/c1-3-8-14-11-5-4-6-12(17-11)15-9-7-13-16-10(2)18-19-13/h4-6H,3,7-9H2,1-2H3,(H2,14,15,17). The monoisotopic (exact) mass is 261 g/mol. The van der Waals surface area contributed by atoms with E-state index in [4.69, 9.17) is 4.52 Å². The van der Waals surface area contributed by atoms with Crippen LogP contribution in [0.5, 0.6) is 0 Å². The number of aryl methyl sites for hydroxylation is 1. The van der Waals surface area contributed by atoms with E-state index in [2.05, 4.69) is 32.7 Å². The molecule has 0 unspecified atom stereocenters. The lowest BCUT2D eigenvalue weighted by molar-refractivity contribution is 0.377. The molecule has 0 aliphatic heterocycles. The highest BCUT2D eigenvalue weighted by atomic mass is 16.5. The molecule has 6 heteroatoms. The fourth-order valence-corrected chi connectivity index (χ4v) is 1.62. The van der Waals surface area contributed by atoms with Gasteiger partial charge in [-0.1, -0.05) is 18.1 Å². The molecule has 19 heavy (non-hydrogen) atoms. The minimum Gasteiger partial charge on any atom is -0.370 e. The van der Waals surface area contributed by atoms with E-state index in [-0.39, 0.29) is 0 Å². The fourth-order valence-electron chi connectivity index (χ4n) is 1.62. The normalized spacial score (nSPS) is 10.4. The topological polar surface area (TPSA) is 75.9 Å². The average Bonchev–Trinajstić information content (AvgIpc) is 2.83. The van der Waals surface area contributed by atoms with E-state index >= 15 is 0 Å². The summed E-state index contributed by atoms with van der Waals surface area (Å²) < 4.78 is 5.05. The Balaban J connectivity index is 1.82. The van der Waals surface area contributed by atoms with Gasteiger partial charge in [0.05, 0.1) is 0 Å². The molecule has 0 amide bonds. The van der Waals surface area contributed by atoms with Gasteiger partial charge >= 0.3 is 0 Å². The molecule has 2 aromatic heterocycles. The number of hydrogen-bond acceptors (Lipinski definition) is 6. The Morgan fingerprint density at radius 1 is 1.11 bits per heavy atom. The molecule has 2 heterocycles. The van der Waals surface area contributed by atoms with Gasteiger partial charge in [0.1, 0.15) is 11.6 Å². The van der Waals surface area contributed by atoms with Gasteiger partial charge in [-0.3, -0.25) is 0 Å². The molecule has 2 rings (SSSR count). The van der Waals surface area contributed by atoms with Crippen LogP contribution in [0.4, 0.5) is 11.6 Å². The van der Waals surface area contributed by atoms with Gasteiger partial charge in [-0.05, 0) is 25.5 Å². The highest BCUT2D eigenvalue weighted by Gasteiger charge is 2.02. The molecule has 6 nitrogen and oxygen atoms in total. The zero-order chi connectivity index (χ0) is 13.5. The van der Waals surface area contributed by atoms with Crippen LogP contribution in [0, 0.1) is 6.92 Å². The molecular weight excluding hydrogens is 242 g/mol. The smallest absolute Gasteiger partial charge is 0.228 e. The molecule has 2 N–H and O–H groups in total. The number of rotatable bonds is 7. The van der Waals surface area contributed by atoms with E-state index in [9.17, 15) is 0 Å². The van der Waals surface area contributed by atoms with Crippen LogP contribution >= 0.6 is 0 Å². The molecule has 0 atom stereocenters. The van der Waals surface area contributed by atoms with Crippen LogP contribution in [0.15, 0.2) is 22.7 Å². The van der Waals surface area contributed by atoms with E-state index in [0.29, 0.717) is 24.7 Å². The van der Waals surface area contributed by atoms with Gasteiger partial charge in [-0.2, -0.15) is 4.98 Å². The first-order valence-corrected chi connectivity index (χ1v) is 6.52. The second kappa shape index (κ2) is 6.72. The maximum Gasteiger partial charge on any atom is 0.228 e. The lowest BCUT2D eigenvalue weighted by Crippen LogP contribution is -2.08. The molecule has 0 aliphatic rings. The average molecular weight is 261 g/mol. The van der Waals surface area contributed by atoms with Crippen molar-refractivity contribution in [2.24, 2.45) is 0 Å². The van der Waals surface area contributed by atoms with Crippen molar-refractivity contribution in [3.05, 3.63) is 29.9 Å². The van der Waals surface area contributed by atoms with E-state index in [1.54, 1.807) is 0 Å². The van der Waals surface area contributed by atoms with Gasteiger partial charge in [0, 0.05) is 19.5 Å². The Labute approximate surface area is 112 Å². The van der Waals surface area contributed by atoms with Crippen LogP contribution in [-0.2, 0) is 6.42 Å². The SMILES string of the molecule is CCCNc1cccc(NCCc2nc(C)no2)n1. The highest BCUT2D eigenvalue weighted by molar-refractivity contribution is 5.45. The van der Waals surface area contributed by atoms with Crippen LogP contribution in [-0.4, -0.2) is 28.2 Å². The first-order valence-electron chi connectivity index (χ1n) is 6.52. The molecule has 0 saturated heterocycles. The van der Waals surface area contributed by atoms with Crippen molar-refractivity contribution in [2.75, 3.05) is 23.7 Å². The lowest BCUT2D eigenvalue weighted by atomic mass is 10.4. The predicted molar refractivity (Wildman–Crippen MR) is 74.2 cm³/mol. The van der Waals surface area contributed by atoms with Gasteiger partial charge in [-0.25, -0.2) is 4.98 Å². The van der Waals surface area contributed by atoms with Crippen molar-refractivity contribution in [1.29, 1.82) is 0 Å². The molecule has 0 saturated carbocycles. The minimum atomic E-state index is 0.644. The molecule has 102 valence electrons. The number of hydrogen-bond donors (Lipinski definition) is 2. The summed E-state index contributed by atoms with van der Waals surface area (Å²) in [7, 11) is 0. The number of aromatic nitrogens is 3. The Bertz CT molecular complexity index is 511. The summed E-state index contributed by atoms with van der Waals surface area (Å²) in [6, 6.07) is 5.88. The fraction of sp³-hybridized carbons (Fsp3) is 0.462. The van der Waals surface area contributed by atoms with Gasteiger partial charge < -0.3 is 15.2 Å². The Morgan fingerprint density at radius 2 is 1.84 bits per heavy atom. The summed E-state index contributed by atoms with van der Waals surface area (Å²) in [4.78, 5) is 8.61. The van der Waals surface area contributed by atoms with Crippen molar-refractivity contribution in [2.45, 2.75) is 26.7 Å². The second-order valence-corrected chi connectivity index (χ2v) is 4.25. The largest absolute Gasteiger partial charge is 0.370 e. The van der Waals surface area contributed by atoms with Crippen LogP contribution in [0.25, 0.3) is 0 Å². The first-order chi connectivity index (χ1) is 9.28. The maximum atomic E-state index is 5.05. The van der Waals surface area contributed by atoms with Crippen molar-refractivity contribution in [3.8, 4) is 0 Å². The van der Waals surface area contributed by atoms with E-state index < -0.39 is 0 Å². The van der Waals surface area contributed by atoms with Crippen molar-refractivity contribution in [3.63, 3.8) is 0 Å². The van der Waals surface area contributed by atoms with E-state index in [1.165, 1.54) is 0 Å². The molecule has 0 spiro atoms. The number of anilines is 2. The third-order valence-corrected chi connectivity index (χ3v) is 2.52. The van der Waals surface area contributed by atoms with Crippen LogP contribution in [0.2, 0.25) is 0 Å². The van der Waals surface area contributed by atoms with Crippen molar-refractivity contribution < 1.29 is 4.52 Å². The quantitative estimate of drug-likeness (QED) is 0.796. The summed E-state index contributed by atoms with van der Waals surface area (Å²) in [5.41, 5.74) is 0. The van der Waals surface area contributed by atoms with Crippen molar-refractivity contribution in [1.82, 2.24) is 15.1 Å². The zero-order valence-corrected chi connectivity index (χ0v) is 11.3. The van der Waals surface area contributed by atoms with Gasteiger partial charge in [0.15, 0.2) is 5.82 Å². The summed E-state index contributed by atoms with van der Waals surface area (Å²) >= 11 is 0. The summed E-state index contributed by atoms with van der Waals surface area (Å²) in [6.45, 7) is 5.58. The number of nitrogens with one attached hydrogen (secondary N) is 2. The van der Waals surface area contributed by atoms with Gasteiger partial charge in [0.2, 0.25) is 5.89 Å². The Kier molecular flexibility index (Phi) is 4.72. The van der Waals surface area contributed by atoms with Crippen molar-refractivity contribution >= 4 is 11.6 Å². The maximum absolute atomic E-state index is 5.05. The third kappa shape index (κ3) is 4.24. The van der Waals surface area contributed by atoms with Gasteiger partial charge in [0.25, 0.3) is 0 Å². The molecule has 0 radical (unpaired) electrons. The third-order valence-electron chi connectivity index (χ3n) is 2.52. The van der Waals surface area contributed by atoms with E-state index in [0.717, 1.165) is 24.6 Å².